The van der Waals surface area contributed by atoms with Crippen LogP contribution in [0.1, 0.15) is 6.92 Å². The van der Waals surface area contributed by atoms with E-state index < -0.39 is 8.80 Å². The third-order valence-electron chi connectivity index (χ3n) is 2.22. The second kappa shape index (κ2) is 9.52. The zero-order valence-electron chi connectivity index (χ0n) is 11.2. The van der Waals surface area contributed by atoms with Crippen LogP contribution in [0.5, 0.6) is 0 Å². The van der Waals surface area contributed by atoms with Crippen LogP contribution in [-0.2, 0) is 17.7 Å². The Morgan fingerprint density at radius 1 is 1.00 bits per heavy atom. The maximum absolute atomic E-state index is 5.32. The normalized spacial score (nSPS) is 10.8. The topological polar surface area (TPSA) is 36.9 Å². The quantitative estimate of drug-likeness (QED) is 0.713. The van der Waals surface area contributed by atoms with Crippen LogP contribution in [0.2, 0.25) is 0 Å². The summed E-state index contributed by atoms with van der Waals surface area (Å²) < 4.78 is 20.6. The Morgan fingerprint density at radius 3 is 1.71 bits per heavy atom. The van der Waals surface area contributed by atoms with E-state index in [-0.39, 0.29) is 0 Å². The van der Waals surface area contributed by atoms with Crippen LogP contribution in [0.3, 0.4) is 0 Å². The molecule has 6 heteroatoms. The molecule has 0 unspecified atom stereocenters. The van der Waals surface area contributed by atoms with Gasteiger partial charge in [-0.15, -0.1) is 0 Å². The van der Waals surface area contributed by atoms with E-state index in [2.05, 4.69) is 4.43 Å². The first-order valence-corrected chi connectivity index (χ1v) is 7.94. The van der Waals surface area contributed by atoms with Gasteiger partial charge in [0, 0.05) is 33.1 Å². The maximum atomic E-state index is 5.32. The van der Waals surface area contributed by atoms with E-state index in [0.29, 0.717) is 0 Å². The van der Waals surface area contributed by atoms with Crippen molar-refractivity contribution in [2.24, 2.45) is 0 Å². The smallest absolute Gasteiger partial charge is 0.428 e. The van der Waals surface area contributed by atoms with Crippen molar-refractivity contribution in [3.63, 3.8) is 0 Å². The van der Waals surface area contributed by atoms with Gasteiger partial charge in [0.15, 0.2) is 0 Å². The van der Waals surface area contributed by atoms with Crippen molar-refractivity contribution in [2.75, 3.05) is 27.9 Å². The van der Waals surface area contributed by atoms with Crippen molar-refractivity contribution in [2.45, 2.75) is 6.92 Å². The summed E-state index contributed by atoms with van der Waals surface area (Å²) in [7, 11) is 3.11. The van der Waals surface area contributed by atoms with Gasteiger partial charge in [0.05, 0.1) is 0 Å². The van der Waals surface area contributed by atoms with E-state index in [1.165, 1.54) is 0 Å². The van der Waals surface area contributed by atoms with Gasteiger partial charge >= 0.3 is 8.80 Å². The van der Waals surface area contributed by atoms with E-state index in [1.807, 2.05) is 37.3 Å². The molecule has 0 saturated carbocycles. The lowest BCUT2D eigenvalue weighted by molar-refractivity contribution is 0.140. The van der Waals surface area contributed by atoms with Crippen LogP contribution in [0.4, 0.5) is 0 Å². The van der Waals surface area contributed by atoms with Gasteiger partial charge in [0.1, 0.15) is 10.5 Å². The van der Waals surface area contributed by atoms with Gasteiger partial charge in [-0.1, -0.05) is 30.3 Å². The number of hydrogen-bond acceptors (Lipinski definition) is 4. The third-order valence-corrected chi connectivity index (χ3v) is 5.45. The largest absolute Gasteiger partial charge is 0.536 e. The molecular formula is C11H22O4Si2. The molecule has 17 heavy (non-hydrogen) atoms. The van der Waals surface area contributed by atoms with Gasteiger partial charge in [-0.25, -0.2) is 0 Å². The lowest BCUT2D eigenvalue weighted by atomic mass is 10.4. The zero-order valence-corrected chi connectivity index (χ0v) is 14.2. The Morgan fingerprint density at radius 2 is 1.41 bits per heavy atom. The van der Waals surface area contributed by atoms with Crippen LogP contribution < -0.4 is 5.19 Å². The highest BCUT2D eigenvalue weighted by molar-refractivity contribution is 6.75. The molecule has 0 spiro atoms. The van der Waals surface area contributed by atoms with E-state index >= 15 is 0 Å². The van der Waals surface area contributed by atoms with E-state index in [1.54, 1.807) is 21.3 Å². The Kier molecular flexibility index (Phi) is 9.23. The van der Waals surface area contributed by atoms with Gasteiger partial charge < -0.3 is 17.7 Å². The molecule has 0 heterocycles. The summed E-state index contributed by atoms with van der Waals surface area (Å²) >= 11 is 0. The Labute approximate surface area is 108 Å². The highest BCUT2D eigenvalue weighted by Crippen LogP contribution is 2.05. The number of benzene rings is 1. The summed E-state index contributed by atoms with van der Waals surface area (Å²) in [5.41, 5.74) is 0. The Bertz CT molecular complexity index is 268. The average molecular weight is 274 g/mol. The van der Waals surface area contributed by atoms with Gasteiger partial charge in [-0.05, 0) is 6.92 Å². The summed E-state index contributed by atoms with van der Waals surface area (Å²) in [6.07, 6.45) is 0. The van der Waals surface area contributed by atoms with Crippen LogP contribution in [0.25, 0.3) is 0 Å². The molecule has 1 rings (SSSR count). The van der Waals surface area contributed by atoms with Crippen molar-refractivity contribution in [3.8, 4) is 0 Å². The molecule has 0 fully saturated rings. The summed E-state index contributed by atoms with van der Waals surface area (Å²) in [5, 5.41) is 0.975. The summed E-state index contributed by atoms with van der Waals surface area (Å²) in [6.45, 7) is 2.87. The highest BCUT2D eigenvalue weighted by atomic mass is 28.4. The molecule has 0 amide bonds. The van der Waals surface area contributed by atoms with Crippen LogP contribution in [0, 0.1) is 0 Å². The monoisotopic (exact) mass is 274 g/mol. The van der Waals surface area contributed by atoms with Crippen molar-refractivity contribution in [1.82, 2.24) is 0 Å². The van der Waals surface area contributed by atoms with E-state index in [4.69, 9.17) is 13.3 Å². The molecule has 0 N–H and O–H groups in total. The first-order valence-electron chi connectivity index (χ1n) is 5.40. The molecule has 0 aliphatic heterocycles. The molecule has 0 atom stereocenters. The SMILES string of the molecule is CCO[SiH3].CO[Si](OC)(OC)c1ccccc1. The first kappa shape index (κ1) is 16.5. The Hall–Kier alpha value is -0.506. The number of rotatable bonds is 5. The van der Waals surface area contributed by atoms with Crippen LogP contribution >= 0.6 is 0 Å². The van der Waals surface area contributed by atoms with Crippen LogP contribution in [-0.4, -0.2) is 47.2 Å². The molecular weight excluding hydrogens is 252 g/mol. The molecule has 1 aromatic rings. The minimum Gasteiger partial charge on any atom is -0.428 e. The molecule has 4 nitrogen and oxygen atoms in total. The second-order valence-corrected chi connectivity index (χ2v) is 6.60. The predicted octanol–water partition coefficient (Wildman–Crippen LogP) is 0.0750. The van der Waals surface area contributed by atoms with Crippen molar-refractivity contribution in [1.29, 1.82) is 0 Å². The van der Waals surface area contributed by atoms with Gasteiger partial charge in [0.25, 0.3) is 0 Å². The fraction of sp³-hybridized carbons (Fsp3) is 0.455. The fourth-order valence-corrected chi connectivity index (χ4v) is 3.05. The fourth-order valence-electron chi connectivity index (χ4n) is 1.25. The standard InChI is InChI=1S/C9H14O3Si.C2H8OSi/c1-10-13(11-2,12-3)9-7-5-4-6-8-9;1-2-3-4/h4-8H,1-3H3;2H2,1,4H3. The molecule has 0 aliphatic carbocycles. The molecule has 0 bridgehead atoms. The summed E-state index contributed by atoms with van der Waals surface area (Å²) in [6, 6.07) is 9.72. The van der Waals surface area contributed by atoms with Crippen molar-refractivity contribution < 1.29 is 17.7 Å². The summed E-state index contributed by atoms with van der Waals surface area (Å²) in [5.74, 6) is 0. The number of hydrogen-bond donors (Lipinski definition) is 0. The minimum absolute atomic E-state index is 0.881. The molecule has 98 valence electrons. The second-order valence-electron chi connectivity index (χ2n) is 3.11. The first-order chi connectivity index (χ1) is 8.20. The Balaban J connectivity index is 0.000000557. The maximum Gasteiger partial charge on any atom is 0.536 e. The lowest BCUT2D eigenvalue weighted by Crippen LogP contribution is -2.54. The summed E-state index contributed by atoms with van der Waals surface area (Å²) in [4.78, 5) is 0. The van der Waals surface area contributed by atoms with Gasteiger partial charge in [-0.2, -0.15) is 0 Å². The molecule has 0 radical (unpaired) electrons. The van der Waals surface area contributed by atoms with Crippen LogP contribution in [0.15, 0.2) is 30.3 Å². The van der Waals surface area contributed by atoms with Crippen molar-refractivity contribution in [3.05, 3.63) is 30.3 Å². The third kappa shape index (κ3) is 5.11. The van der Waals surface area contributed by atoms with Gasteiger partial charge in [-0.3, -0.25) is 0 Å². The predicted molar refractivity (Wildman–Crippen MR) is 74.4 cm³/mol. The molecule has 0 aromatic heterocycles. The average Bonchev–Trinajstić information content (AvgIpc) is 2.43. The lowest BCUT2D eigenvalue weighted by Gasteiger charge is -2.24. The van der Waals surface area contributed by atoms with Crippen molar-refractivity contribution >= 4 is 24.5 Å². The molecule has 0 aliphatic rings. The highest BCUT2D eigenvalue weighted by Gasteiger charge is 2.40. The van der Waals surface area contributed by atoms with E-state index in [9.17, 15) is 0 Å². The molecule has 0 saturated heterocycles. The zero-order chi connectivity index (χ0) is 13.1. The minimum atomic E-state index is -2.59. The van der Waals surface area contributed by atoms with E-state index in [0.717, 1.165) is 22.3 Å². The molecule has 1 aromatic carbocycles. The van der Waals surface area contributed by atoms with Gasteiger partial charge in [0.2, 0.25) is 0 Å².